The van der Waals surface area contributed by atoms with E-state index < -0.39 is 0 Å². The van der Waals surface area contributed by atoms with Gasteiger partial charge >= 0.3 is 0 Å². The number of nitrogens with zero attached hydrogens (tertiary/aromatic N) is 2. The lowest BCUT2D eigenvalue weighted by atomic mass is 9.70. The van der Waals surface area contributed by atoms with E-state index in [1.54, 1.807) is 0 Å². The molecule has 1 aromatic heterocycles. The van der Waals surface area contributed by atoms with E-state index in [0.29, 0.717) is 6.04 Å². The van der Waals surface area contributed by atoms with Crippen LogP contribution < -0.4 is 5.32 Å². The molecule has 3 nitrogen and oxygen atoms in total. The summed E-state index contributed by atoms with van der Waals surface area (Å²) in [5, 5.41) is 8.06. The van der Waals surface area contributed by atoms with Crippen LogP contribution in [0.2, 0.25) is 0 Å². The standard InChI is InChI=1S/C17H23N3/c1-4-20-12-14(11-18-20)19-16-15-8-6-5-7-13(15)9-10-17(16,2)3/h5-8,11-12,16,19H,4,9-10H2,1-3H3. The molecule has 20 heavy (non-hydrogen) atoms. The normalized spacial score (nSPS) is 20.4. The summed E-state index contributed by atoms with van der Waals surface area (Å²) in [5.41, 5.74) is 4.28. The highest BCUT2D eigenvalue weighted by Gasteiger charge is 2.35. The Kier molecular flexibility index (Phi) is 3.28. The predicted octanol–water partition coefficient (Wildman–Crippen LogP) is 4.03. The van der Waals surface area contributed by atoms with E-state index in [1.807, 2.05) is 10.9 Å². The molecule has 0 fully saturated rings. The number of rotatable bonds is 3. The largest absolute Gasteiger partial charge is 0.375 e. The highest BCUT2D eigenvalue weighted by Crippen LogP contribution is 2.45. The van der Waals surface area contributed by atoms with Crippen molar-refractivity contribution in [2.75, 3.05) is 5.32 Å². The Morgan fingerprint density at radius 3 is 2.90 bits per heavy atom. The average molecular weight is 269 g/mol. The minimum Gasteiger partial charge on any atom is -0.375 e. The average Bonchev–Trinajstić information content (AvgIpc) is 2.90. The lowest BCUT2D eigenvalue weighted by molar-refractivity contribution is 0.265. The van der Waals surface area contributed by atoms with E-state index >= 15 is 0 Å². The lowest BCUT2D eigenvalue weighted by Gasteiger charge is -2.40. The number of benzene rings is 1. The number of aromatic nitrogens is 2. The van der Waals surface area contributed by atoms with Crippen LogP contribution in [0.3, 0.4) is 0 Å². The van der Waals surface area contributed by atoms with Gasteiger partial charge in [-0.2, -0.15) is 5.10 Å². The highest BCUT2D eigenvalue weighted by atomic mass is 15.3. The molecule has 0 bridgehead atoms. The van der Waals surface area contributed by atoms with Crippen LogP contribution in [-0.4, -0.2) is 9.78 Å². The van der Waals surface area contributed by atoms with E-state index in [2.05, 4.69) is 61.6 Å². The summed E-state index contributed by atoms with van der Waals surface area (Å²) in [6, 6.07) is 9.16. The van der Waals surface area contributed by atoms with Crippen LogP contribution >= 0.6 is 0 Å². The van der Waals surface area contributed by atoms with Crippen molar-refractivity contribution in [3.8, 4) is 0 Å². The summed E-state index contributed by atoms with van der Waals surface area (Å²) in [5.74, 6) is 0. The Balaban J connectivity index is 1.93. The number of hydrogen-bond donors (Lipinski definition) is 1. The minimum atomic E-state index is 0.253. The number of fused-ring (bicyclic) bond motifs is 1. The Morgan fingerprint density at radius 2 is 2.15 bits per heavy atom. The van der Waals surface area contributed by atoms with Crippen molar-refractivity contribution < 1.29 is 0 Å². The van der Waals surface area contributed by atoms with Gasteiger partial charge in [0.1, 0.15) is 0 Å². The molecule has 1 unspecified atom stereocenters. The Bertz CT molecular complexity index is 598. The SMILES string of the molecule is CCn1cc(NC2c3ccccc3CCC2(C)C)cn1. The van der Waals surface area contributed by atoms with Gasteiger partial charge in [-0.25, -0.2) is 0 Å². The zero-order chi connectivity index (χ0) is 14.2. The van der Waals surface area contributed by atoms with Gasteiger partial charge in [-0.15, -0.1) is 0 Å². The summed E-state index contributed by atoms with van der Waals surface area (Å²) in [6.45, 7) is 7.72. The molecule has 3 rings (SSSR count). The maximum absolute atomic E-state index is 4.36. The molecule has 0 radical (unpaired) electrons. The first kappa shape index (κ1) is 13.2. The van der Waals surface area contributed by atoms with E-state index in [4.69, 9.17) is 0 Å². The Labute approximate surface area is 121 Å². The summed E-state index contributed by atoms with van der Waals surface area (Å²) < 4.78 is 1.96. The molecule has 1 N–H and O–H groups in total. The maximum atomic E-state index is 4.36. The van der Waals surface area contributed by atoms with E-state index in [0.717, 1.165) is 12.2 Å². The third-order valence-corrected chi connectivity index (χ3v) is 4.45. The van der Waals surface area contributed by atoms with Crippen molar-refractivity contribution in [3.05, 3.63) is 47.8 Å². The second-order valence-electron chi connectivity index (χ2n) is 6.35. The van der Waals surface area contributed by atoms with Crippen molar-refractivity contribution >= 4 is 5.69 Å². The van der Waals surface area contributed by atoms with Gasteiger partial charge in [-0.3, -0.25) is 4.68 Å². The molecule has 0 aliphatic heterocycles. The Hall–Kier alpha value is -1.77. The number of anilines is 1. The zero-order valence-electron chi connectivity index (χ0n) is 12.6. The number of nitrogens with one attached hydrogen (secondary N) is 1. The quantitative estimate of drug-likeness (QED) is 0.911. The van der Waals surface area contributed by atoms with Crippen molar-refractivity contribution in [1.82, 2.24) is 9.78 Å². The summed E-state index contributed by atoms with van der Waals surface area (Å²) in [6.07, 6.45) is 6.41. The van der Waals surface area contributed by atoms with Crippen LogP contribution in [0.15, 0.2) is 36.7 Å². The van der Waals surface area contributed by atoms with Crippen LogP contribution in [0.25, 0.3) is 0 Å². The minimum absolute atomic E-state index is 0.253. The van der Waals surface area contributed by atoms with Crippen molar-refractivity contribution in [2.45, 2.75) is 46.2 Å². The van der Waals surface area contributed by atoms with Crippen LogP contribution in [-0.2, 0) is 13.0 Å². The molecule has 0 saturated carbocycles. The smallest absolute Gasteiger partial charge is 0.0731 e. The summed E-state index contributed by atoms with van der Waals surface area (Å²) in [4.78, 5) is 0. The second-order valence-corrected chi connectivity index (χ2v) is 6.35. The van der Waals surface area contributed by atoms with Gasteiger partial charge < -0.3 is 5.32 Å². The molecular formula is C17H23N3. The molecule has 0 spiro atoms. The van der Waals surface area contributed by atoms with Gasteiger partial charge in [0.2, 0.25) is 0 Å². The molecule has 3 heteroatoms. The third kappa shape index (κ3) is 2.33. The molecule has 0 amide bonds. The van der Waals surface area contributed by atoms with Gasteiger partial charge in [0.15, 0.2) is 0 Å². The van der Waals surface area contributed by atoms with E-state index in [9.17, 15) is 0 Å². The van der Waals surface area contributed by atoms with Crippen molar-refractivity contribution in [3.63, 3.8) is 0 Å². The third-order valence-electron chi connectivity index (χ3n) is 4.45. The molecule has 106 valence electrons. The molecular weight excluding hydrogens is 246 g/mol. The molecule has 1 aliphatic rings. The van der Waals surface area contributed by atoms with Gasteiger partial charge in [0, 0.05) is 12.7 Å². The van der Waals surface area contributed by atoms with Gasteiger partial charge in [-0.05, 0) is 36.3 Å². The van der Waals surface area contributed by atoms with Gasteiger partial charge in [0.05, 0.1) is 17.9 Å². The molecule has 1 heterocycles. The first-order chi connectivity index (χ1) is 9.60. The highest BCUT2D eigenvalue weighted by molar-refractivity contribution is 5.45. The van der Waals surface area contributed by atoms with Crippen LogP contribution in [0.5, 0.6) is 0 Å². The fourth-order valence-corrected chi connectivity index (χ4v) is 3.12. The van der Waals surface area contributed by atoms with Crippen LogP contribution in [0, 0.1) is 5.41 Å². The first-order valence-electron chi connectivity index (χ1n) is 7.47. The maximum Gasteiger partial charge on any atom is 0.0731 e. The number of hydrogen-bond acceptors (Lipinski definition) is 2. The molecule has 0 saturated heterocycles. The topological polar surface area (TPSA) is 29.9 Å². The molecule has 1 aromatic carbocycles. The van der Waals surface area contributed by atoms with E-state index in [1.165, 1.54) is 24.0 Å². The molecule has 1 aliphatic carbocycles. The van der Waals surface area contributed by atoms with Crippen LogP contribution in [0.4, 0.5) is 5.69 Å². The lowest BCUT2D eigenvalue weighted by Crippen LogP contribution is -2.33. The number of aryl methyl sites for hydroxylation is 2. The summed E-state index contributed by atoms with van der Waals surface area (Å²) >= 11 is 0. The van der Waals surface area contributed by atoms with Crippen LogP contribution in [0.1, 0.15) is 44.4 Å². The van der Waals surface area contributed by atoms with E-state index in [-0.39, 0.29) is 5.41 Å². The van der Waals surface area contributed by atoms with Crippen molar-refractivity contribution in [2.24, 2.45) is 5.41 Å². The predicted molar refractivity (Wildman–Crippen MR) is 82.8 cm³/mol. The Morgan fingerprint density at radius 1 is 1.35 bits per heavy atom. The monoisotopic (exact) mass is 269 g/mol. The fourth-order valence-electron chi connectivity index (χ4n) is 3.12. The summed E-state index contributed by atoms with van der Waals surface area (Å²) in [7, 11) is 0. The van der Waals surface area contributed by atoms with Gasteiger partial charge in [0.25, 0.3) is 0 Å². The zero-order valence-corrected chi connectivity index (χ0v) is 12.6. The second kappa shape index (κ2) is 4.97. The van der Waals surface area contributed by atoms with Gasteiger partial charge in [-0.1, -0.05) is 38.1 Å². The molecule has 2 aromatic rings. The molecule has 1 atom stereocenters. The fraction of sp³-hybridized carbons (Fsp3) is 0.471. The van der Waals surface area contributed by atoms with Crippen molar-refractivity contribution in [1.29, 1.82) is 0 Å². The first-order valence-corrected chi connectivity index (χ1v) is 7.47.